The van der Waals surface area contributed by atoms with E-state index >= 15 is 0 Å². The predicted octanol–water partition coefficient (Wildman–Crippen LogP) is 2.80. The molecule has 0 saturated carbocycles. The van der Waals surface area contributed by atoms with Gasteiger partial charge in [0.05, 0.1) is 4.92 Å². The zero-order chi connectivity index (χ0) is 17.5. The first-order chi connectivity index (χ1) is 11.5. The van der Waals surface area contributed by atoms with Crippen LogP contribution >= 0.6 is 0 Å². The van der Waals surface area contributed by atoms with Gasteiger partial charge in [-0.2, -0.15) is 0 Å². The topological polar surface area (TPSA) is 66.7 Å². The second-order valence-electron chi connectivity index (χ2n) is 5.82. The Morgan fingerprint density at radius 2 is 1.62 bits per heavy atom. The van der Waals surface area contributed by atoms with Crippen molar-refractivity contribution in [1.29, 1.82) is 0 Å². The van der Waals surface area contributed by atoms with E-state index in [9.17, 15) is 14.9 Å². The molecule has 6 nitrogen and oxygen atoms in total. The number of nitro benzene ring substituents is 1. The van der Waals surface area contributed by atoms with Crippen LogP contribution in [0.3, 0.4) is 0 Å². The lowest BCUT2D eigenvalue weighted by atomic mass is 10.1. The molecule has 0 atom stereocenters. The van der Waals surface area contributed by atoms with Crippen LogP contribution in [0.5, 0.6) is 0 Å². The molecule has 2 aromatic rings. The highest BCUT2D eigenvalue weighted by Crippen LogP contribution is 2.15. The molecule has 0 unspecified atom stereocenters. The first-order valence-corrected chi connectivity index (χ1v) is 7.70. The maximum absolute atomic E-state index is 12.8. The molecule has 0 radical (unpaired) electrons. The van der Waals surface area contributed by atoms with Crippen molar-refractivity contribution in [2.45, 2.75) is 6.54 Å². The molecule has 2 rings (SSSR count). The number of nitrogens with zero attached hydrogens (tertiary/aromatic N) is 3. The first kappa shape index (κ1) is 17.6. The summed E-state index contributed by atoms with van der Waals surface area (Å²) in [5.41, 5.74) is 1.48. The Balaban J connectivity index is 2.17. The molecule has 2 aromatic carbocycles. The summed E-state index contributed by atoms with van der Waals surface area (Å²) in [5.74, 6) is -0.129. The fraction of sp³-hybridized carbons (Fsp3) is 0.278. The number of carbonyl (C=O) groups is 1. The number of benzene rings is 2. The van der Waals surface area contributed by atoms with E-state index in [0.717, 1.165) is 12.1 Å². The van der Waals surface area contributed by atoms with Gasteiger partial charge in [-0.3, -0.25) is 14.9 Å². The standard InChI is InChI=1S/C18H21N3O3/c1-19(2)12-13-20(14-15-6-4-3-5-7-15)18(22)16-8-10-17(11-9-16)21(23)24/h3-11H,12-14H2,1-2H3. The van der Waals surface area contributed by atoms with Crippen molar-refractivity contribution >= 4 is 11.6 Å². The molecular formula is C18H21N3O3. The maximum atomic E-state index is 12.8. The zero-order valence-corrected chi connectivity index (χ0v) is 13.9. The van der Waals surface area contributed by atoms with Gasteiger partial charge in [-0.05, 0) is 31.8 Å². The largest absolute Gasteiger partial charge is 0.333 e. The summed E-state index contributed by atoms with van der Waals surface area (Å²) in [6.07, 6.45) is 0. The Hall–Kier alpha value is -2.73. The monoisotopic (exact) mass is 327 g/mol. The number of hydrogen-bond acceptors (Lipinski definition) is 4. The molecule has 126 valence electrons. The third-order valence-electron chi connectivity index (χ3n) is 3.65. The number of carbonyl (C=O) groups excluding carboxylic acids is 1. The van der Waals surface area contributed by atoms with Crippen LogP contribution in [-0.2, 0) is 6.54 Å². The van der Waals surface area contributed by atoms with Gasteiger partial charge in [-0.15, -0.1) is 0 Å². The molecule has 0 bridgehead atoms. The van der Waals surface area contributed by atoms with E-state index in [2.05, 4.69) is 0 Å². The second kappa shape index (κ2) is 8.21. The molecule has 0 N–H and O–H groups in total. The van der Waals surface area contributed by atoms with Gasteiger partial charge in [0, 0.05) is 37.3 Å². The minimum absolute atomic E-state index is 0.0190. The van der Waals surface area contributed by atoms with Gasteiger partial charge in [0.1, 0.15) is 0 Å². The highest BCUT2D eigenvalue weighted by atomic mass is 16.6. The summed E-state index contributed by atoms with van der Waals surface area (Å²) in [6.45, 7) is 1.83. The first-order valence-electron chi connectivity index (χ1n) is 7.70. The van der Waals surface area contributed by atoms with E-state index in [0.29, 0.717) is 18.7 Å². The molecule has 1 amide bonds. The van der Waals surface area contributed by atoms with Crippen molar-refractivity contribution in [1.82, 2.24) is 9.80 Å². The number of nitro groups is 1. The normalized spacial score (nSPS) is 10.6. The number of rotatable bonds is 7. The highest BCUT2D eigenvalue weighted by molar-refractivity contribution is 5.94. The van der Waals surface area contributed by atoms with Crippen molar-refractivity contribution in [3.8, 4) is 0 Å². The van der Waals surface area contributed by atoms with Crippen LogP contribution in [0.1, 0.15) is 15.9 Å². The zero-order valence-electron chi connectivity index (χ0n) is 13.9. The van der Waals surface area contributed by atoms with Gasteiger partial charge in [-0.1, -0.05) is 30.3 Å². The predicted molar refractivity (Wildman–Crippen MR) is 92.8 cm³/mol. The van der Waals surface area contributed by atoms with Gasteiger partial charge >= 0.3 is 0 Å². The van der Waals surface area contributed by atoms with Crippen LogP contribution < -0.4 is 0 Å². The fourth-order valence-corrected chi connectivity index (χ4v) is 2.29. The third kappa shape index (κ3) is 4.89. The van der Waals surface area contributed by atoms with E-state index in [4.69, 9.17) is 0 Å². The van der Waals surface area contributed by atoms with Crippen LogP contribution in [-0.4, -0.2) is 47.8 Å². The Bertz CT molecular complexity index is 684. The summed E-state index contributed by atoms with van der Waals surface area (Å²) in [4.78, 5) is 26.8. The average molecular weight is 327 g/mol. The molecule has 24 heavy (non-hydrogen) atoms. The van der Waals surface area contributed by atoms with Gasteiger partial charge in [0.25, 0.3) is 11.6 Å². The SMILES string of the molecule is CN(C)CCN(Cc1ccccc1)C(=O)c1ccc([N+](=O)[O-])cc1. The van der Waals surface area contributed by atoms with E-state index in [-0.39, 0.29) is 11.6 Å². The molecule has 0 aliphatic rings. The van der Waals surface area contributed by atoms with E-state index < -0.39 is 4.92 Å². The molecule has 0 aliphatic heterocycles. The van der Waals surface area contributed by atoms with E-state index in [1.165, 1.54) is 24.3 Å². The maximum Gasteiger partial charge on any atom is 0.269 e. The number of amides is 1. The molecule has 0 aliphatic carbocycles. The van der Waals surface area contributed by atoms with Crippen molar-refractivity contribution in [3.05, 3.63) is 75.8 Å². The fourth-order valence-electron chi connectivity index (χ4n) is 2.29. The van der Waals surface area contributed by atoms with Crippen LogP contribution in [0, 0.1) is 10.1 Å². The summed E-state index contributed by atoms with van der Waals surface area (Å²) >= 11 is 0. The van der Waals surface area contributed by atoms with Crippen LogP contribution in [0.4, 0.5) is 5.69 Å². The average Bonchev–Trinajstić information content (AvgIpc) is 2.58. The van der Waals surface area contributed by atoms with Gasteiger partial charge in [0.2, 0.25) is 0 Å². The molecule has 0 fully saturated rings. The Morgan fingerprint density at radius 3 is 2.17 bits per heavy atom. The number of likely N-dealkylation sites (N-methyl/N-ethyl adjacent to an activating group) is 1. The molecule has 0 heterocycles. The number of non-ortho nitro benzene ring substituents is 1. The summed E-state index contributed by atoms with van der Waals surface area (Å²) in [6, 6.07) is 15.5. The molecule has 0 saturated heterocycles. The second-order valence-corrected chi connectivity index (χ2v) is 5.82. The van der Waals surface area contributed by atoms with Crippen molar-refractivity contribution in [2.24, 2.45) is 0 Å². The van der Waals surface area contributed by atoms with Crippen molar-refractivity contribution in [3.63, 3.8) is 0 Å². The molecule has 0 spiro atoms. The summed E-state index contributed by atoms with van der Waals surface area (Å²) in [5, 5.41) is 10.7. The molecule has 6 heteroatoms. The Labute approximate surface area is 141 Å². The van der Waals surface area contributed by atoms with E-state index in [1.807, 2.05) is 49.3 Å². The van der Waals surface area contributed by atoms with Crippen molar-refractivity contribution in [2.75, 3.05) is 27.2 Å². The summed E-state index contributed by atoms with van der Waals surface area (Å²) < 4.78 is 0. The van der Waals surface area contributed by atoms with Gasteiger partial charge in [0.15, 0.2) is 0 Å². The van der Waals surface area contributed by atoms with Crippen LogP contribution in [0.15, 0.2) is 54.6 Å². The third-order valence-corrected chi connectivity index (χ3v) is 3.65. The lowest BCUT2D eigenvalue weighted by Gasteiger charge is -2.24. The Kier molecular flexibility index (Phi) is 6.03. The van der Waals surface area contributed by atoms with E-state index in [1.54, 1.807) is 4.90 Å². The Morgan fingerprint density at radius 1 is 1.00 bits per heavy atom. The van der Waals surface area contributed by atoms with Gasteiger partial charge in [-0.25, -0.2) is 0 Å². The van der Waals surface area contributed by atoms with Crippen molar-refractivity contribution < 1.29 is 9.72 Å². The molecule has 0 aromatic heterocycles. The minimum Gasteiger partial charge on any atom is -0.333 e. The highest BCUT2D eigenvalue weighted by Gasteiger charge is 2.17. The molecular weight excluding hydrogens is 306 g/mol. The number of hydrogen-bond donors (Lipinski definition) is 0. The van der Waals surface area contributed by atoms with Crippen LogP contribution in [0.2, 0.25) is 0 Å². The van der Waals surface area contributed by atoms with Crippen LogP contribution in [0.25, 0.3) is 0 Å². The lowest BCUT2D eigenvalue weighted by molar-refractivity contribution is -0.384. The lowest BCUT2D eigenvalue weighted by Crippen LogP contribution is -2.36. The summed E-state index contributed by atoms with van der Waals surface area (Å²) in [7, 11) is 3.91. The smallest absolute Gasteiger partial charge is 0.269 e. The van der Waals surface area contributed by atoms with Gasteiger partial charge < -0.3 is 9.80 Å². The quantitative estimate of drug-likeness (QED) is 0.579. The minimum atomic E-state index is -0.470.